The average Bonchev–Trinajstić information content (AvgIpc) is 2.11. The summed E-state index contributed by atoms with van der Waals surface area (Å²) in [7, 11) is -3.91. The minimum atomic E-state index is -3.91. The highest BCUT2D eigenvalue weighted by Gasteiger charge is 2.37. The van der Waals surface area contributed by atoms with Crippen molar-refractivity contribution in [2.24, 2.45) is 11.8 Å². The Bertz CT molecular complexity index is 245. The standard InChI is InChI=1S/C11H22FO2P/c1-8(2)15(12,13)14-11-9(3)6-5-7-10(11)4/h8-11H,5-7H2,1-4H3. The van der Waals surface area contributed by atoms with Gasteiger partial charge in [0.1, 0.15) is 0 Å². The third-order valence-corrected chi connectivity index (χ3v) is 5.09. The summed E-state index contributed by atoms with van der Waals surface area (Å²) < 4.78 is 30.5. The number of hydrogen-bond acceptors (Lipinski definition) is 2. The third kappa shape index (κ3) is 3.29. The monoisotopic (exact) mass is 236 g/mol. The van der Waals surface area contributed by atoms with E-state index < -0.39 is 13.3 Å². The van der Waals surface area contributed by atoms with E-state index in [2.05, 4.69) is 13.8 Å². The quantitative estimate of drug-likeness (QED) is 0.679. The van der Waals surface area contributed by atoms with Gasteiger partial charge >= 0.3 is 7.68 Å². The van der Waals surface area contributed by atoms with Gasteiger partial charge in [-0.3, -0.25) is 4.57 Å². The first-order chi connectivity index (χ1) is 6.84. The van der Waals surface area contributed by atoms with Crippen molar-refractivity contribution in [1.29, 1.82) is 0 Å². The first-order valence-corrected chi connectivity index (χ1v) is 7.41. The van der Waals surface area contributed by atoms with Crippen LogP contribution in [-0.2, 0) is 9.09 Å². The van der Waals surface area contributed by atoms with Crippen LogP contribution in [-0.4, -0.2) is 11.8 Å². The maximum Gasteiger partial charge on any atom is 0.370 e. The lowest BCUT2D eigenvalue weighted by atomic mass is 9.81. The van der Waals surface area contributed by atoms with Gasteiger partial charge in [0, 0.05) is 0 Å². The fraction of sp³-hybridized carbons (Fsp3) is 1.00. The van der Waals surface area contributed by atoms with Crippen LogP contribution < -0.4 is 0 Å². The van der Waals surface area contributed by atoms with E-state index in [1.807, 2.05) is 0 Å². The molecule has 4 heteroatoms. The Morgan fingerprint density at radius 1 is 1.27 bits per heavy atom. The predicted octanol–water partition coefficient (Wildman–Crippen LogP) is 4.40. The highest BCUT2D eigenvalue weighted by Crippen LogP contribution is 2.56. The van der Waals surface area contributed by atoms with Gasteiger partial charge in [0.25, 0.3) is 0 Å². The van der Waals surface area contributed by atoms with Gasteiger partial charge in [-0.25, -0.2) is 0 Å². The first kappa shape index (κ1) is 13.2. The van der Waals surface area contributed by atoms with Gasteiger partial charge in [-0.2, -0.15) is 4.20 Å². The van der Waals surface area contributed by atoms with Crippen molar-refractivity contribution in [2.45, 2.75) is 58.7 Å². The lowest BCUT2D eigenvalue weighted by Crippen LogP contribution is -2.32. The summed E-state index contributed by atoms with van der Waals surface area (Å²) >= 11 is 0. The molecule has 0 amide bonds. The molecule has 0 aromatic heterocycles. The van der Waals surface area contributed by atoms with Gasteiger partial charge in [-0.1, -0.05) is 34.1 Å². The minimum absolute atomic E-state index is 0.169. The fourth-order valence-electron chi connectivity index (χ4n) is 2.15. The normalized spacial score (nSPS) is 36.5. The lowest BCUT2D eigenvalue weighted by molar-refractivity contribution is 0.0496. The van der Waals surface area contributed by atoms with Crippen LogP contribution in [0.4, 0.5) is 4.20 Å². The Morgan fingerprint density at radius 2 is 1.73 bits per heavy atom. The molecule has 0 spiro atoms. The van der Waals surface area contributed by atoms with E-state index in [1.54, 1.807) is 13.8 Å². The first-order valence-electron chi connectivity index (χ1n) is 5.82. The van der Waals surface area contributed by atoms with E-state index in [-0.39, 0.29) is 6.10 Å². The average molecular weight is 236 g/mol. The molecule has 2 nitrogen and oxygen atoms in total. The molecule has 0 heterocycles. The molecule has 1 aliphatic carbocycles. The van der Waals surface area contributed by atoms with Crippen LogP contribution in [0.5, 0.6) is 0 Å². The predicted molar refractivity (Wildman–Crippen MR) is 60.9 cm³/mol. The second kappa shape index (κ2) is 4.97. The summed E-state index contributed by atoms with van der Waals surface area (Å²) in [6, 6.07) is 0. The minimum Gasteiger partial charge on any atom is -0.301 e. The molecule has 1 aliphatic rings. The van der Waals surface area contributed by atoms with Crippen LogP contribution >= 0.6 is 7.68 Å². The van der Waals surface area contributed by atoms with Crippen LogP contribution in [0.25, 0.3) is 0 Å². The molecule has 1 fully saturated rings. The van der Waals surface area contributed by atoms with E-state index in [1.165, 1.54) is 6.42 Å². The summed E-state index contributed by atoms with van der Waals surface area (Å²) in [5.74, 6) is 0.633. The molecule has 3 atom stereocenters. The summed E-state index contributed by atoms with van der Waals surface area (Å²) in [5, 5.41) is 0. The maximum atomic E-state index is 13.7. The Balaban J connectivity index is 2.66. The van der Waals surface area contributed by atoms with Crippen molar-refractivity contribution in [1.82, 2.24) is 0 Å². The summed E-state index contributed by atoms with van der Waals surface area (Å²) in [4.78, 5) is 0. The summed E-state index contributed by atoms with van der Waals surface area (Å²) in [5.41, 5.74) is -0.529. The molecule has 0 aromatic rings. The zero-order valence-corrected chi connectivity index (χ0v) is 11.0. The smallest absolute Gasteiger partial charge is 0.301 e. The molecule has 0 saturated heterocycles. The zero-order valence-electron chi connectivity index (χ0n) is 10.1. The van der Waals surface area contributed by atoms with Gasteiger partial charge in [0.15, 0.2) is 0 Å². The van der Waals surface area contributed by atoms with E-state index >= 15 is 0 Å². The van der Waals surface area contributed by atoms with Gasteiger partial charge in [0.05, 0.1) is 11.8 Å². The molecule has 1 rings (SSSR count). The van der Waals surface area contributed by atoms with Crippen molar-refractivity contribution in [3.05, 3.63) is 0 Å². The second-order valence-electron chi connectivity index (χ2n) is 5.07. The van der Waals surface area contributed by atoms with Crippen molar-refractivity contribution < 1.29 is 13.3 Å². The SMILES string of the molecule is CC1CCCC(C)C1OP(=O)(F)C(C)C. The largest absolute Gasteiger partial charge is 0.370 e. The highest BCUT2D eigenvalue weighted by atomic mass is 31.2. The molecule has 3 unspecified atom stereocenters. The number of halogens is 1. The molecule has 1 saturated carbocycles. The van der Waals surface area contributed by atoms with E-state index in [0.717, 1.165) is 12.8 Å². The van der Waals surface area contributed by atoms with Gasteiger partial charge in [0.2, 0.25) is 0 Å². The van der Waals surface area contributed by atoms with E-state index in [9.17, 15) is 8.76 Å². The lowest BCUT2D eigenvalue weighted by Gasteiger charge is -2.35. The summed E-state index contributed by atoms with van der Waals surface area (Å²) in [6.45, 7) is 7.33. The number of rotatable bonds is 3. The molecular formula is C11H22FO2P. The molecule has 0 aliphatic heterocycles. The van der Waals surface area contributed by atoms with Gasteiger partial charge in [-0.15, -0.1) is 0 Å². The van der Waals surface area contributed by atoms with Crippen LogP contribution in [0.15, 0.2) is 0 Å². The zero-order chi connectivity index (χ0) is 11.6. The molecule has 15 heavy (non-hydrogen) atoms. The van der Waals surface area contributed by atoms with Crippen molar-refractivity contribution in [3.8, 4) is 0 Å². The second-order valence-corrected chi connectivity index (χ2v) is 7.36. The third-order valence-electron chi connectivity index (χ3n) is 3.32. The van der Waals surface area contributed by atoms with Crippen molar-refractivity contribution >= 4 is 7.68 Å². The molecule has 90 valence electrons. The Labute approximate surface area is 92.2 Å². The highest BCUT2D eigenvalue weighted by molar-refractivity contribution is 7.54. The fourth-order valence-corrected chi connectivity index (χ4v) is 3.14. The van der Waals surface area contributed by atoms with Crippen LogP contribution in [0, 0.1) is 11.8 Å². The Kier molecular flexibility index (Phi) is 4.37. The topological polar surface area (TPSA) is 26.3 Å². The van der Waals surface area contributed by atoms with E-state index in [0.29, 0.717) is 11.8 Å². The van der Waals surface area contributed by atoms with Crippen LogP contribution in [0.1, 0.15) is 47.0 Å². The molecular weight excluding hydrogens is 214 g/mol. The van der Waals surface area contributed by atoms with Crippen LogP contribution in [0.3, 0.4) is 0 Å². The van der Waals surface area contributed by atoms with Gasteiger partial charge in [-0.05, 0) is 24.7 Å². The molecule has 0 bridgehead atoms. The molecule has 0 N–H and O–H groups in total. The maximum absolute atomic E-state index is 13.7. The Hall–Kier alpha value is 0.120. The van der Waals surface area contributed by atoms with E-state index in [4.69, 9.17) is 4.52 Å². The summed E-state index contributed by atoms with van der Waals surface area (Å²) in [6.07, 6.45) is 3.10. The number of hydrogen-bond donors (Lipinski definition) is 0. The molecule has 0 radical (unpaired) electrons. The van der Waals surface area contributed by atoms with Crippen molar-refractivity contribution in [3.63, 3.8) is 0 Å². The molecule has 0 aromatic carbocycles. The Morgan fingerprint density at radius 3 is 2.13 bits per heavy atom. The van der Waals surface area contributed by atoms with Gasteiger partial charge < -0.3 is 4.52 Å². The van der Waals surface area contributed by atoms with Crippen LogP contribution in [0.2, 0.25) is 0 Å². The van der Waals surface area contributed by atoms with Crippen molar-refractivity contribution in [2.75, 3.05) is 0 Å².